The zero-order valence-electron chi connectivity index (χ0n) is 10.1. The van der Waals surface area contributed by atoms with E-state index < -0.39 is 10.9 Å². The Balaban J connectivity index is 2.80. The van der Waals surface area contributed by atoms with Crippen LogP contribution in [0, 0.1) is 28.9 Å². The molecule has 0 spiro atoms. The number of aromatic nitrogens is 1. The van der Waals surface area contributed by atoms with E-state index in [0.717, 1.165) is 0 Å². The Morgan fingerprint density at radius 2 is 2.33 bits per heavy atom. The van der Waals surface area contributed by atoms with Gasteiger partial charge in [-0.25, -0.2) is 0 Å². The summed E-state index contributed by atoms with van der Waals surface area (Å²) in [5.74, 6) is 4.81. The number of carbonyl (C=O) groups excluding carboxylic acids is 1. The first-order chi connectivity index (χ1) is 8.54. The van der Waals surface area contributed by atoms with Gasteiger partial charge < -0.3 is 4.74 Å². The average molecular weight is 248 g/mol. The standard InChI is InChI=1S/C12H12N2O4/c1-3-18-12(15)6-4-5-10-7-11(14(16)17)9(2)13-8-10/h7-8H,3,6H2,1-2H3. The first kappa shape index (κ1) is 13.6. The number of hydrogen-bond donors (Lipinski definition) is 0. The molecule has 1 heterocycles. The number of hydrogen-bond acceptors (Lipinski definition) is 5. The van der Waals surface area contributed by atoms with Crippen molar-refractivity contribution in [3.8, 4) is 11.8 Å². The highest BCUT2D eigenvalue weighted by molar-refractivity contribution is 5.72. The molecule has 0 fully saturated rings. The smallest absolute Gasteiger partial charge is 0.317 e. The van der Waals surface area contributed by atoms with Gasteiger partial charge in [-0.2, -0.15) is 0 Å². The fraction of sp³-hybridized carbons (Fsp3) is 0.333. The molecular formula is C12H12N2O4. The lowest BCUT2D eigenvalue weighted by Crippen LogP contribution is -2.01. The zero-order chi connectivity index (χ0) is 13.5. The van der Waals surface area contributed by atoms with Crippen molar-refractivity contribution in [2.45, 2.75) is 20.3 Å². The predicted octanol–water partition coefficient (Wildman–Crippen LogP) is 1.60. The molecule has 18 heavy (non-hydrogen) atoms. The average Bonchev–Trinajstić information content (AvgIpc) is 2.31. The second-order valence-corrected chi connectivity index (χ2v) is 3.37. The highest BCUT2D eigenvalue weighted by Crippen LogP contribution is 2.15. The van der Waals surface area contributed by atoms with Crippen LogP contribution >= 0.6 is 0 Å². The lowest BCUT2D eigenvalue weighted by molar-refractivity contribution is -0.385. The highest BCUT2D eigenvalue weighted by Gasteiger charge is 2.11. The minimum Gasteiger partial charge on any atom is -0.465 e. The van der Waals surface area contributed by atoms with Gasteiger partial charge >= 0.3 is 5.97 Å². The molecule has 0 N–H and O–H groups in total. The molecule has 1 aromatic heterocycles. The summed E-state index contributed by atoms with van der Waals surface area (Å²) in [5.41, 5.74) is 0.644. The van der Waals surface area contributed by atoms with E-state index in [1.807, 2.05) is 0 Å². The maximum Gasteiger partial charge on any atom is 0.317 e. The third-order valence-electron chi connectivity index (χ3n) is 2.03. The Labute approximate surface area is 104 Å². The number of nitrogens with zero attached hydrogens (tertiary/aromatic N) is 2. The summed E-state index contributed by atoms with van der Waals surface area (Å²) in [4.78, 5) is 25.1. The number of aryl methyl sites for hydroxylation is 1. The zero-order valence-corrected chi connectivity index (χ0v) is 10.1. The molecule has 0 aliphatic heterocycles. The molecule has 0 aromatic carbocycles. The minimum atomic E-state index is -0.515. The van der Waals surface area contributed by atoms with Crippen LogP contribution < -0.4 is 0 Å². The van der Waals surface area contributed by atoms with E-state index in [1.54, 1.807) is 13.8 Å². The van der Waals surface area contributed by atoms with Crippen molar-refractivity contribution in [3.05, 3.63) is 33.6 Å². The summed E-state index contributed by atoms with van der Waals surface area (Å²) in [7, 11) is 0. The predicted molar refractivity (Wildman–Crippen MR) is 63.8 cm³/mol. The molecule has 94 valence electrons. The number of carbonyl (C=O) groups is 1. The summed E-state index contributed by atoms with van der Waals surface area (Å²) in [6, 6.07) is 1.33. The van der Waals surface area contributed by atoms with Crippen LogP contribution in [0.2, 0.25) is 0 Å². The van der Waals surface area contributed by atoms with E-state index in [2.05, 4.69) is 16.8 Å². The van der Waals surface area contributed by atoms with Gasteiger partial charge in [0.25, 0.3) is 5.69 Å². The van der Waals surface area contributed by atoms with Gasteiger partial charge in [0.05, 0.1) is 11.5 Å². The van der Waals surface area contributed by atoms with Crippen molar-refractivity contribution < 1.29 is 14.5 Å². The summed E-state index contributed by atoms with van der Waals surface area (Å²) in [6.45, 7) is 3.56. The van der Waals surface area contributed by atoms with Crippen molar-refractivity contribution in [1.29, 1.82) is 0 Å². The summed E-state index contributed by atoms with van der Waals surface area (Å²) < 4.78 is 4.70. The quantitative estimate of drug-likeness (QED) is 0.351. The van der Waals surface area contributed by atoms with Crippen molar-refractivity contribution in [1.82, 2.24) is 4.98 Å². The minimum absolute atomic E-state index is 0.0461. The van der Waals surface area contributed by atoms with Crippen LogP contribution in [0.15, 0.2) is 12.3 Å². The van der Waals surface area contributed by atoms with Crippen LogP contribution in [-0.4, -0.2) is 22.5 Å². The number of ether oxygens (including phenoxy) is 1. The third kappa shape index (κ3) is 3.87. The van der Waals surface area contributed by atoms with E-state index in [0.29, 0.717) is 17.9 Å². The summed E-state index contributed by atoms with van der Waals surface area (Å²) >= 11 is 0. The fourth-order valence-electron chi connectivity index (χ4n) is 1.21. The maximum absolute atomic E-state index is 11.0. The molecule has 6 nitrogen and oxygen atoms in total. The lowest BCUT2D eigenvalue weighted by Gasteiger charge is -1.96. The molecule has 1 rings (SSSR count). The van der Waals surface area contributed by atoms with Crippen molar-refractivity contribution in [2.24, 2.45) is 0 Å². The number of esters is 1. The second kappa shape index (κ2) is 6.35. The highest BCUT2D eigenvalue weighted by atomic mass is 16.6. The van der Waals surface area contributed by atoms with Gasteiger partial charge in [-0.3, -0.25) is 19.9 Å². The molecule has 0 aliphatic carbocycles. The second-order valence-electron chi connectivity index (χ2n) is 3.37. The van der Waals surface area contributed by atoms with E-state index in [9.17, 15) is 14.9 Å². The first-order valence-corrected chi connectivity index (χ1v) is 5.30. The van der Waals surface area contributed by atoms with Crippen LogP contribution in [0.25, 0.3) is 0 Å². The first-order valence-electron chi connectivity index (χ1n) is 5.30. The van der Waals surface area contributed by atoms with Gasteiger partial charge in [-0.15, -0.1) is 0 Å². The molecule has 0 saturated heterocycles. The van der Waals surface area contributed by atoms with Crippen LogP contribution in [0.4, 0.5) is 5.69 Å². The molecular weight excluding hydrogens is 236 g/mol. The maximum atomic E-state index is 11.0. The molecule has 0 aliphatic rings. The van der Waals surface area contributed by atoms with Gasteiger partial charge in [0.15, 0.2) is 0 Å². The van der Waals surface area contributed by atoms with Gasteiger partial charge in [-0.05, 0) is 13.8 Å². The van der Waals surface area contributed by atoms with E-state index in [4.69, 9.17) is 4.74 Å². The molecule has 0 amide bonds. The summed E-state index contributed by atoms with van der Waals surface area (Å²) in [6.07, 6.45) is 1.38. The van der Waals surface area contributed by atoms with Gasteiger partial charge in [0.1, 0.15) is 12.1 Å². The Bertz CT molecular complexity index is 529. The largest absolute Gasteiger partial charge is 0.465 e. The van der Waals surface area contributed by atoms with Crippen molar-refractivity contribution in [2.75, 3.05) is 6.61 Å². The fourth-order valence-corrected chi connectivity index (χ4v) is 1.21. The van der Waals surface area contributed by atoms with Crippen LogP contribution in [0.1, 0.15) is 24.6 Å². The number of pyridine rings is 1. The van der Waals surface area contributed by atoms with E-state index in [-0.39, 0.29) is 12.1 Å². The Morgan fingerprint density at radius 1 is 1.61 bits per heavy atom. The molecule has 1 aromatic rings. The SMILES string of the molecule is CCOC(=O)CC#Cc1cnc(C)c([N+](=O)[O-])c1. The molecule has 0 saturated carbocycles. The Morgan fingerprint density at radius 3 is 2.94 bits per heavy atom. The van der Waals surface area contributed by atoms with Crippen LogP contribution in [0.5, 0.6) is 0 Å². The van der Waals surface area contributed by atoms with Crippen molar-refractivity contribution in [3.63, 3.8) is 0 Å². The molecule has 0 radical (unpaired) electrons. The molecule has 0 bridgehead atoms. The normalized spacial score (nSPS) is 9.22. The van der Waals surface area contributed by atoms with E-state index >= 15 is 0 Å². The summed E-state index contributed by atoms with van der Waals surface area (Å²) in [5, 5.41) is 10.7. The number of rotatable bonds is 3. The third-order valence-corrected chi connectivity index (χ3v) is 2.03. The van der Waals surface area contributed by atoms with Gasteiger partial charge in [0, 0.05) is 17.8 Å². The van der Waals surface area contributed by atoms with Crippen LogP contribution in [-0.2, 0) is 9.53 Å². The Kier molecular flexibility index (Phi) is 4.81. The molecule has 0 atom stereocenters. The molecule has 0 unspecified atom stereocenters. The number of nitro groups is 1. The van der Waals surface area contributed by atoms with Crippen LogP contribution in [0.3, 0.4) is 0 Å². The van der Waals surface area contributed by atoms with E-state index in [1.165, 1.54) is 12.3 Å². The molecule has 6 heteroatoms. The lowest BCUT2D eigenvalue weighted by atomic mass is 10.2. The van der Waals surface area contributed by atoms with Crippen molar-refractivity contribution >= 4 is 11.7 Å². The topological polar surface area (TPSA) is 82.3 Å². The Hall–Kier alpha value is -2.42. The monoisotopic (exact) mass is 248 g/mol. The van der Waals surface area contributed by atoms with Gasteiger partial charge in [0.2, 0.25) is 0 Å². The van der Waals surface area contributed by atoms with Gasteiger partial charge in [-0.1, -0.05) is 11.8 Å².